The third-order valence-corrected chi connectivity index (χ3v) is 21.5. The van der Waals surface area contributed by atoms with Crippen molar-refractivity contribution < 1.29 is 0 Å². The van der Waals surface area contributed by atoms with Crippen molar-refractivity contribution in [2.75, 3.05) is 14.7 Å². The van der Waals surface area contributed by atoms with Crippen molar-refractivity contribution in [3.8, 4) is 16.9 Å². The first-order valence-electron chi connectivity index (χ1n) is 32.9. The van der Waals surface area contributed by atoms with Gasteiger partial charge in [-0.05, 0) is 167 Å². The number of para-hydroxylation sites is 1. The molecule has 0 fully saturated rings. The fraction of sp³-hybridized carbons (Fsp3) is 0.271. The Kier molecular flexibility index (Phi) is 13.1. The Hall–Kier alpha value is -8.58. The number of fused-ring (bicyclic) bond motifs is 12. The van der Waals surface area contributed by atoms with Crippen LogP contribution in [0.2, 0.25) is 0 Å². The zero-order valence-electron chi connectivity index (χ0n) is 56.4. The predicted octanol–water partition coefficient (Wildman–Crippen LogP) is 22.3. The van der Waals surface area contributed by atoms with Crippen molar-refractivity contribution in [1.29, 1.82) is 0 Å². The number of hydrogen-bond donors (Lipinski definition) is 0. The molecule has 6 heteroatoms. The Balaban J connectivity index is 1.08. The molecule has 0 radical (unpaired) electrons. The summed E-state index contributed by atoms with van der Waals surface area (Å²) >= 11 is 1.93. The monoisotopic (exact) mass is 1200 g/mol. The SMILES string of the molecule is CC(C)(C)c1ccc(N(c2ccc(C(C)(C)C)cc2)c2ccc3c(c2)N(c2cccc4c2sc2cc(C(C)(C)C)ccc24)c2cc(N(c4ccc(C(C)(C)C)cc4)c4ccc(C(C)(C)C)cc4)cc4c2B3c2cccc3c5c(n-4c23)-c2ccccc2C5(C)C)cc1. The molecule has 4 nitrogen and oxygen atoms in total. The van der Waals surface area contributed by atoms with Crippen LogP contribution in [0, 0.1) is 0 Å². The second kappa shape index (κ2) is 20.2. The van der Waals surface area contributed by atoms with Crippen molar-refractivity contribution in [3.63, 3.8) is 0 Å². The molecular weight excluding hydrogens is 1120 g/mol. The van der Waals surface area contributed by atoms with Gasteiger partial charge in [0, 0.05) is 82.9 Å². The first-order valence-corrected chi connectivity index (χ1v) is 33.8. The third-order valence-electron chi connectivity index (χ3n) is 20.3. The second-order valence-electron chi connectivity index (χ2n) is 32.0. The fourth-order valence-electron chi connectivity index (χ4n) is 15.2. The molecule has 2 aromatic heterocycles. The van der Waals surface area contributed by atoms with Gasteiger partial charge in [0.15, 0.2) is 0 Å². The van der Waals surface area contributed by atoms with Crippen LogP contribution < -0.4 is 31.1 Å². The Morgan fingerprint density at radius 1 is 0.374 bits per heavy atom. The second-order valence-corrected chi connectivity index (χ2v) is 33.0. The molecule has 0 amide bonds. The van der Waals surface area contributed by atoms with Crippen LogP contribution >= 0.6 is 11.3 Å². The molecule has 0 atom stereocenters. The van der Waals surface area contributed by atoms with Crippen molar-refractivity contribution in [3.05, 3.63) is 245 Å². The van der Waals surface area contributed by atoms with E-state index in [0.717, 1.165) is 34.1 Å². The molecule has 4 heterocycles. The molecule has 0 spiro atoms. The smallest absolute Gasteiger partial charge is 0.252 e. The van der Waals surface area contributed by atoms with Gasteiger partial charge in [0.25, 0.3) is 6.71 Å². The lowest BCUT2D eigenvalue weighted by Crippen LogP contribution is -2.60. The molecule has 0 N–H and O–H groups in total. The standard InChI is InChI=1S/C85H85BN4S/c1-80(2,3)52-28-37-57(38-29-52)87(58-39-30-53(31-40-58)81(4,5)6)61-45-47-68-71(49-61)89(70-27-21-23-64-63-46-36-56(84(13,14)15)48-74(63)91-79(64)70)72-50-62(88(59-41-32-54(33-42-59)82(7,8)9)60-43-34-55(35-44-60)83(10,11)12)51-73-76(72)86(68)69-26-20-24-66-75-78(90(73)77(66)69)65-22-18-19-25-67(65)85(75,16)17/h18-51H,1-17H3. The van der Waals surface area contributed by atoms with Gasteiger partial charge in [0.05, 0.1) is 21.8 Å². The van der Waals surface area contributed by atoms with E-state index in [1.165, 1.54) is 120 Å². The van der Waals surface area contributed by atoms with E-state index in [2.05, 4.69) is 343 Å². The molecular formula is C85H85BN4S. The molecule has 12 aromatic rings. The molecule has 0 saturated heterocycles. The molecule has 3 aliphatic rings. The van der Waals surface area contributed by atoms with E-state index in [1.807, 2.05) is 11.3 Å². The number of benzene rings is 10. The molecule has 2 aliphatic heterocycles. The number of rotatable bonds is 7. The topological polar surface area (TPSA) is 14.7 Å². The lowest BCUT2D eigenvalue weighted by atomic mass is 9.33. The van der Waals surface area contributed by atoms with E-state index in [-0.39, 0.29) is 39.2 Å². The van der Waals surface area contributed by atoms with Crippen LogP contribution in [0.1, 0.15) is 157 Å². The summed E-state index contributed by atoms with van der Waals surface area (Å²) in [6.07, 6.45) is 0. The van der Waals surface area contributed by atoms with E-state index >= 15 is 0 Å². The highest BCUT2D eigenvalue weighted by Crippen LogP contribution is 2.56. The number of anilines is 9. The predicted molar refractivity (Wildman–Crippen MR) is 396 cm³/mol. The van der Waals surface area contributed by atoms with Crippen molar-refractivity contribution >= 4 is 117 Å². The maximum Gasteiger partial charge on any atom is 0.252 e. The molecule has 454 valence electrons. The van der Waals surface area contributed by atoms with Crippen molar-refractivity contribution in [2.24, 2.45) is 0 Å². The van der Waals surface area contributed by atoms with Gasteiger partial charge in [-0.25, -0.2) is 0 Å². The molecule has 0 bridgehead atoms. The Morgan fingerprint density at radius 2 is 0.835 bits per heavy atom. The summed E-state index contributed by atoms with van der Waals surface area (Å²) < 4.78 is 5.29. The number of aromatic nitrogens is 1. The summed E-state index contributed by atoms with van der Waals surface area (Å²) in [5, 5.41) is 3.89. The Labute approximate surface area is 544 Å². The molecule has 15 rings (SSSR count). The summed E-state index contributed by atoms with van der Waals surface area (Å²) in [7, 11) is 0. The minimum atomic E-state index is -0.244. The van der Waals surface area contributed by atoms with Gasteiger partial charge in [-0.2, -0.15) is 0 Å². The first kappa shape index (κ1) is 58.8. The fourth-order valence-corrected chi connectivity index (χ4v) is 16.5. The highest BCUT2D eigenvalue weighted by molar-refractivity contribution is 7.26. The highest BCUT2D eigenvalue weighted by Gasteiger charge is 2.48. The molecule has 0 saturated carbocycles. The molecule has 10 aromatic carbocycles. The summed E-state index contributed by atoms with van der Waals surface area (Å²) in [6, 6.07) is 80.7. The van der Waals surface area contributed by atoms with Crippen LogP contribution in [0.5, 0.6) is 0 Å². The lowest BCUT2D eigenvalue weighted by Gasteiger charge is -2.42. The Bertz CT molecular complexity index is 4790. The van der Waals surface area contributed by atoms with Crippen LogP contribution in [0.3, 0.4) is 0 Å². The lowest BCUT2D eigenvalue weighted by molar-refractivity contribution is 0.590. The van der Waals surface area contributed by atoms with E-state index in [4.69, 9.17) is 0 Å². The molecule has 91 heavy (non-hydrogen) atoms. The van der Waals surface area contributed by atoms with Crippen LogP contribution in [-0.4, -0.2) is 11.3 Å². The minimum absolute atomic E-state index is 0.000390. The normalized spacial score (nSPS) is 14.3. The van der Waals surface area contributed by atoms with E-state index in [1.54, 1.807) is 0 Å². The zero-order valence-corrected chi connectivity index (χ0v) is 57.2. The van der Waals surface area contributed by atoms with Crippen LogP contribution in [0.4, 0.5) is 51.2 Å². The number of nitrogens with zero attached hydrogens (tertiary/aromatic N) is 4. The molecule has 0 unspecified atom stereocenters. The quantitative estimate of drug-likeness (QED) is 0.148. The van der Waals surface area contributed by atoms with Crippen LogP contribution in [0.25, 0.3) is 48.0 Å². The van der Waals surface area contributed by atoms with Crippen LogP contribution in [-0.2, 0) is 32.5 Å². The Morgan fingerprint density at radius 3 is 1.37 bits per heavy atom. The van der Waals surface area contributed by atoms with Gasteiger partial charge in [-0.3, -0.25) is 0 Å². The van der Waals surface area contributed by atoms with E-state index < -0.39 is 0 Å². The van der Waals surface area contributed by atoms with Gasteiger partial charge >= 0.3 is 0 Å². The third kappa shape index (κ3) is 9.35. The average molecular weight is 1210 g/mol. The van der Waals surface area contributed by atoms with Gasteiger partial charge in [0.2, 0.25) is 0 Å². The van der Waals surface area contributed by atoms with E-state index in [9.17, 15) is 0 Å². The summed E-state index contributed by atoms with van der Waals surface area (Å²) in [4.78, 5) is 7.72. The van der Waals surface area contributed by atoms with Gasteiger partial charge in [0.1, 0.15) is 0 Å². The minimum Gasteiger partial charge on any atom is -0.310 e. The summed E-state index contributed by atoms with van der Waals surface area (Å²) in [5.74, 6) is 0. The van der Waals surface area contributed by atoms with Crippen LogP contribution in [0.15, 0.2) is 206 Å². The van der Waals surface area contributed by atoms with Gasteiger partial charge in [-0.15, -0.1) is 11.3 Å². The van der Waals surface area contributed by atoms with Gasteiger partial charge in [-0.1, -0.05) is 239 Å². The first-order chi connectivity index (χ1) is 43.1. The average Bonchev–Trinajstić information content (AvgIpc) is 1.57. The maximum absolute atomic E-state index is 2.71. The summed E-state index contributed by atoms with van der Waals surface area (Å²) in [6.45, 7) is 39.5. The molecule has 1 aliphatic carbocycles. The van der Waals surface area contributed by atoms with Gasteiger partial charge < -0.3 is 19.3 Å². The van der Waals surface area contributed by atoms with E-state index in [0.29, 0.717) is 0 Å². The largest absolute Gasteiger partial charge is 0.310 e. The van der Waals surface area contributed by atoms with Crippen molar-refractivity contribution in [1.82, 2.24) is 4.57 Å². The van der Waals surface area contributed by atoms with Crippen molar-refractivity contribution in [2.45, 2.75) is 150 Å². The zero-order chi connectivity index (χ0) is 63.8. The maximum atomic E-state index is 2.71. The number of hydrogen-bond acceptors (Lipinski definition) is 4. The summed E-state index contributed by atoms with van der Waals surface area (Å²) in [5.41, 5.74) is 28.3. The highest BCUT2D eigenvalue weighted by atomic mass is 32.1. The number of thiophene rings is 1.